The quantitative estimate of drug-likeness (QED) is 0.463. The van der Waals surface area contributed by atoms with Crippen LogP contribution in [0.4, 0.5) is 5.69 Å². The smallest absolute Gasteiger partial charge is 0.0344 e. The van der Waals surface area contributed by atoms with E-state index < -0.39 is 0 Å². The largest absolute Gasteiger partial charge is 0.388 e. The third-order valence-electron chi connectivity index (χ3n) is 4.03. The van der Waals surface area contributed by atoms with Gasteiger partial charge in [0, 0.05) is 12.7 Å². The van der Waals surface area contributed by atoms with E-state index in [1.807, 2.05) is 7.05 Å². The number of hydrogen-bond donors (Lipinski definition) is 1. The number of benzene rings is 4. The number of rotatable bonds is 1. The van der Waals surface area contributed by atoms with Gasteiger partial charge in [-0.1, -0.05) is 54.6 Å². The summed E-state index contributed by atoms with van der Waals surface area (Å²) in [7, 11) is 1.96. The van der Waals surface area contributed by atoms with E-state index in [-0.39, 0.29) is 0 Å². The lowest BCUT2D eigenvalue weighted by Gasteiger charge is -2.09. The zero-order valence-electron chi connectivity index (χ0n) is 11.4. The second kappa shape index (κ2) is 4.24. The maximum absolute atomic E-state index is 3.22. The maximum Gasteiger partial charge on any atom is 0.0344 e. The Kier molecular flexibility index (Phi) is 2.40. The molecule has 1 nitrogen and oxygen atoms in total. The summed E-state index contributed by atoms with van der Waals surface area (Å²) in [6.45, 7) is 0. The van der Waals surface area contributed by atoms with Crippen molar-refractivity contribution < 1.29 is 0 Å². The number of fused-ring (bicyclic) bond motifs is 5. The molecule has 0 bridgehead atoms. The Morgan fingerprint density at radius 3 is 2.05 bits per heavy atom. The van der Waals surface area contributed by atoms with Crippen molar-refractivity contribution in [1.82, 2.24) is 0 Å². The molecular weight excluding hydrogens is 242 g/mol. The van der Waals surface area contributed by atoms with Gasteiger partial charge < -0.3 is 5.32 Å². The first kappa shape index (κ1) is 11.3. The van der Waals surface area contributed by atoms with Crippen LogP contribution < -0.4 is 5.32 Å². The van der Waals surface area contributed by atoms with Gasteiger partial charge in [0.2, 0.25) is 0 Å². The Bertz CT molecular complexity index is 938. The van der Waals surface area contributed by atoms with Crippen molar-refractivity contribution in [3.05, 3.63) is 66.7 Å². The molecule has 0 unspecified atom stereocenters. The average molecular weight is 257 g/mol. The van der Waals surface area contributed by atoms with Crippen LogP contribution in [0.1, 0.15) is 0 Å². The first-order chi connectivity index (χ1) is 9.86. The third kappa shape index (κ3) is 1.56. The van der Waals surface area contributed by atoms with Crippen LogP contribution in [-0.2, 0) is 0 Å². The molecule has 0 amide bonds. The zero-order valence-corrected chi connectivity index (χ0v) is 11.4. The van der Waals surface area contributed by atoms with Crippen molar-refractivity contribution >= 4 is 38.0 Å². The van der Waals surface area contributed by atoms with Crippen molar-refractivity contribution in [3.63, 3.8) is 0 Å². The first-order valence-electron chi connectivity index (χ1n) is 6.89. The molecule has 0 fully saturated rings. The van der Waals surface area contributed by atoms with E-state index in [1.54, 1.807) is 0 Å². The third-order valence-corrected chi connectivity index (χ3v) is 4.03. The van der Waals surface area contributed by atoms with Gasteiger partial charge in [-0.15, -0.1) is 0 Å². The van der Waals surface area contributed by atoms with Crippen LogP contribution in [-0.4, -0.2) is 7.05 Å². The summed E-state index contributed by atoms with van der Waals surface area (Å²) in [5, 5.41) is 11.1. The topological polar surface area (TPSA) is 12.0 Å². The molecule has 96 valence electrons. The van der Waals surface area contributed by atoms with Crippen LogP contribution in [0.25, 0.3) is 32.3 Å². The van der Waals surface area contributed by atoms with E-state index in [2.05, 4.69) is 72.0 Å². The van der Waals surface area contributed by atoms with Crippen LogP contribution in [0.15, 0.2) is 66.7 Å². The summed E-state index contributed by atoms with van der Waals surface area (Å²) in [5.41, 5.74) is 1.15. The van der Waals surface area contributed by atoms with E-state index in [4.69, 9.17) is 0 Å². The summed E-state index contributed by atoms with van der Waals surface area (Å²) >= 11 is 0. The normalized spacial score (nSPS) is 11.2. The molecule has 4 aromatic carbocycles. The van der Waals surface area contributed by atoms with Crippen molar-refractivity contribution in [2.45, 2.75) is 0 Å². The van der Waals surface area contributed by atoms with Gasteiger partial charge in [0.25, 0.3) is 0 Å². The summed E-state index contributed by atoms with van der Waals surface area (Å²) in [6.07, 6.45) is 0. The Morgan fingerprint density at radius 1 is 0.600 bits per heavy atom. The molecule has 1 heteroatoms. The zero-order chi connectivity index (χ0) is 13.5. The van der Waals surface area contributed by atoms with Crippen molar-refractivity contribution in [1.29, 1.82) is 0 Å². The van der Waals surface area contributed by atoms with Crippen LogP contribution in [0, 0.1) is 0 Å². The van der Waals surface area contributed by atoms with Gasteiger partial charge in [-0.2, -0.15) is 0 Å². The monoisotopic (exact) mass is 257 g/mol. The molecule has 0 radical (unpaired) electrons. The van der Waals surface area contributed by atoms with Crippen LogP contribution in [0.5, 0.6) is 0 Å². The summed E-state index contributed by atoms with van der Waals surface area (Å²) < 4.78 is 0. The molecule has 0 heterocycles. The maximum atomic E-state index is 3.22. The number of anilines is 1. The van der Waals surface area contributed by atoms with Gasteiger partial charge in [0.1, 0.15) is 0 Å². The van der Waals surface area contributed by atoms with Crippen molar-refractivity contribution in [2.75, 3.05) is 12.4 Å². The molecule has 20 heavy (non-hydrogen) atoms. The minimum atomic E-state index is 1.15. The molecule has 0 aliphatic rings. The molecule has 4 rings (SSSR count). The fourth-order valence-electron chi connectivity index (χ4n) is 2.97. The fourth-order valence-corrected chi connectivity index (χ4v) is 2.97. The highest BCUT2D eigenvalue weighted by molar-refractivity contribution is 6.17. The van der Waals surface area contributed by atoms with Gasteiger partial charge in [-0.05, 0) is 44.5 Å². The molecule has 0 spiro atoms. The SMILES string of the molecule is CNc1ccc2ccc3c4ccccc4ccc3c2c1. The summed E-state index contributed by atoms with van der Waals surface area (Å²) in [6, 6.07) is 24.0. The minimum Gasteiger partial charge on any atom is -0.388 e. The second-order valence-electron chi connectivity index (χ2n) is 5.13. The highest BCUT2D eigenvalue weighted by Crippen LogP contribution is 2.32. The number of nitrogens with one attached hydrogen (secondary N) is 1. The molecule has 0 aliphatic carbocycles. The summed E-state index contributed by atoms with van der Waals surface area (Å²) in [5.74, 6) is 0. The Hall–Kier alpha value is -2.54. The van der Waals surface area contributed by atoms with Gasteiger partial charge >= 0.3 is 0 Å². The van der Waals surface area contributed by atoms with Crippen LogP contribution >= 0.6 is 0 Å². The van der Waals surface area contributed by atoms with E-state index in [0.717, 1.165) is 5.69 Å². The van der Waals surface area contributed by atoms with Gasteiger partial charge in [0.05, 0.1) is 0 Å². The van der Waals surface area contributed by atoms with E-state index in [9.17, 15) is 0 Å². The lowest BCUT2D eigenvalue weighted by molar-refractivity contribution is 1.54. The molecule has 1 N–H and O–H groups in total. The molecule has 0 atom stereocenters. The lowest BCUT2D eigenvalue weighted by Crippen LogP contribution is -1.87. The number of hydrogen-bond acceptors (Lipinski definition) is 1. The van der Waals surface area contributed by atoms with Crippen LogP contribution in [0.2, 0.25) is 0 Å². The van der Waals surface area contributed by atoms with Gasteiger partial charge in [0.15, 0.2) is 0 Å². The van der Waals surface area contributed by atoms with E-state index in [0.29, 0.717) is 0 Å². The second-order valence-corrected chi connectivity index (χ2v) is 5.13. The highest BCUT2D eigenvalue weighted by Gasteiger charge is 2.04. The van der Waals surface area contributed by atoms with E-state index >= 15 is 0 Å². The molecule has 0 saturated carbocycles. The highest BCUT2D eigenvalue weighted by atomic mass is 14.8. The predicted octanol–water partition coefficient (Wildman–Crippen LogP) is 5.19. The standard InChI is InChI=1S/C19H15N/c1-20-15-9-6-14-8-10-17-16-5-3-2-4-13(16)7-11-18(17)19(14)12-15/h2-12,20H,1H3. The van der Waals surface area contributed by atoms with Gasteiger partial charge in [-0.25, -0.2) is 0 Å². The Morgan fingerprint density at radius 2 is 1.25 bits per heavy atom. The molecule has 0 saturated heterocycles. The van der Waals surface area contributed by atoms with Gasteiger partial charge in [-0.3, -0.25) is 0 Å². The lowest BCUT2D eigenvalue weighted by atomic mass is 9.97. The van der Waals surface area contributed by atoms with E-state index in [1.165, 1.54) is 32.3 Å². The van der Waals surface area contributed by atoms with Crippen molar-refractivity contribution in [3.8, 4) is 0 Å². The Labute approximate surface area is 117 Å². The fraction of sp³-hybridized carbons (Fsp3) is 0.0526. The first-order valence-corrected chi connectivity index (χ1v) is 6.89. The van der Waals surface area contributed by atoms with Crippen LogP contribution in [0.3, 0.4) is 0 Å². The molecular formula is C19H15N. The molecule has 0 aromatic heterocycles. The molecule has 4 aromatic rings. The van der Waals surface area contributed by atoms with Crippen molar-refractivity contribution in [2.24, 2.45) is 0 Å². The average Bonchev–Trinajstić information content (AvgIpc) is 2.53. The Balaban J connectivity index is 2.21. The predicted molar refractivity (Wildman–Crippen MR) is 88.5 cm³/mol. The summed E-state index contributed by atoms with van der Waals surface area (Å²) in [4.78, 5) is 0. The molecule has 0 aliphatic heterocycles. The minimum absolute atomic E-state index is 1.15.